The number of hydrogen-bond acceptors (Lipinski definition) is 2. The van der Waals surface area contributed by atoms with E-state index in [4.69, 9.17) is 0 Å². The number of H-pyrrole nitrogens is 1. The summed E-state index contributed by atoms with van der Waals surface area (Å²) in [6, 6.07) is 17.0. The van der Waals surface area contributed by atoms with Crippen molar-refractivity contribution in [2.75, 3.05) is 12.4 Å². The van der Waals surface area contributed by atoms with Crippen LogP contribution in [0.2, 0.25) is 0 Å². The Morgan fingerprint density at radius 1 is 1.14 bits per heavy atom. The van der Waals surface area contributed by atoms with Gasteiger partial charge in [0.2, 0.25) is 0 Å². The second-order valence-corrected chi connectivity index (χ2v) is 4.85. The number of aromatic amines is 1. The molecule has 0 saturated carbocycles. The van der Waals surface area contributed by atoms with Crippen molar-refractivity contribution in [1.82, 2.24) is 14.9 Å². The molecule has 0 bridgehead atoms. The van der Waals surface area contributed by atoms with Crippen LogP contribution in [0.3, 0.4) is 0 Å². The lowest BCUT2D eigenvalue weighted by Gasteiger charge is -2.16. The van der Waals surface area contributed by atoms with Crippen molar-refractivity contribution in [1.29, 1.82) is 0 Å². The van der Waals surface area contributed by atoms with Crippen LogP contribution in [-0.4, -0.2) is 27.9 Å². The summed E-state index contributed by atoms with van der Waals surface area (Å²) in [6.07, 6.45) is 0. The topological polar surface area (TPSA) is 61.0 Å². The Hall–Kier alpha value is -2.82. The molecule has 5 nitrogen and oxygen atoms in total. The highest BCUT2D eigenvalue weighted by molar-refractivity contribution is 5.89. The Morgan fingerprint density at radius 3 is 2.62 bits per heavy atom. The van der Waals surface area contributed by atoms with Gasteiger partial charge in [-0.3, -0.25) is 0 Å². The van der Waals surface area contributed by atoms with Gasteiger partial charge < -0.3 is 15.2 Å². The lowest BCUT2D eigenvalue weighted by Crippen LogP contribution is -2.31. The van der Waals surface area contributed by atoms with Crippen molar-refractivity contribution in [3.8, 4) is 0 Å². The summed E-state index contributed by atoms with van der Waals surface area (Å²) in [5, 5.41) is 2.84. The maximum Gasteiger partial charge on any atom is 0.321 e. The molecule has 0 saturated heterocycles. The maximum atomic E-state index is 12.1. The SMILES string of the molecule is CN(Cc1nc2ccccc2[nH]1)C(=O)Nc1ccccc1. The molecule has 0 atom stereocenters. The van der Waals surface area contributed by atoms with E-state index in [1.807, 2.05) is 54.6 Å². The second-order valence-electron chi connectivity index (χ2n) is 4.85. The molecule has 0 aliphatic heterocycles. The minimum absolute atomic E-state index is 0.165. The van der Waals surface area contributed by atoms with E-state index in [1.54, 1.807) is 11.9 Å². The van der Waals surface area contributed by atoms with E-state index in [-0.39, 0.29) is 6.03 Å². The van der Waals surface area contributed by atoms with Gasteiger partial charge in [-0.05, 0) is 24.3 Å². The monoisotopic (exact) mass is 280 g/mol. The lowest BCUT2D eigenvalue weighted by atomic mass is 10.3. The summed E-state index contributed by atoms with van der Waals surface area (Å²) in [4.78, 5) is 21.4. The number of carbonyl (C=O) groups excluding carboxylic acids is 1. The van der Waals surface area contributed by atoms with Crippen molar-refractivity contribution in [3.63, 3.8) is 0 Å². The first-order valence-corrected chi connectivity index (χ1v) is 6.73. The molecule has 3 rings (SSSR count). The molecule has 5 heteroatoms. The molecule has 2 amide bonds. The Balaban J connectivity index is 1.67. The average Bonchev–Trinajstić information content (AvgIpc) is 2.90. The normalized spacial score (nSPS) is 10.5. The van der Waals surface area contributed by atoms with Crippen molar-refractivity contribution in [2.24, 2.45) is 0 Å². The quantitative estimate of drug-likeness (QED) is 0.773. The van der Waals surface area contributed by atoms with Crippen LogP contribution < -0.4 is 5.32 Å². The predicted octanol–water partition coefficient (Wildman–Crippen LogP) is 3.23. The molecule has 0 unspecified atom stereocenters. The number of para-hydroxylation sites is 3. The largest absolute Gasteiger partial charge is 0.340 e. The summed E-state index contributed by atoms with van der Waals surface area (Å²) in [5.74, 6) is 0.766. The van der Waals surface area contributed by atoms with Crippen molar-refractivity contribution in [2.45, 2.75) is 6.54 Å². The number of nitrogens with one attached hydrogen (secondary N) is 2. The Labute approximate surface area is 122 Å². The van der Waals surface area contributed by atoms with Crippen molar-refractivity contribution >= 4 is 22.8 Å². The van der Waals surface area contributed by atoms with E-state index in [1.165, 1.54) is 0 Å². The molecule has 3 aromatic rings. The first-order valence-electron chi connectivity index (χ1n) is 6.73. The zero-order valence-corrected chi connectivity index (χ0v) is 11.7. The van der Waals surface area contributed by atoms with E-state index < -0.39 is 0 Å². The third-order valence-corrected chi connectivity index (χ3v) is 3.20. The maximum absolute atomic E-state index is 12.1. The third-order valence-electron chi connectivity index (χ3n) is 3.20. The number of benzene rings is 2. The average molecular weight is 280 g/mol. The standard InChI is InChI=1S/C16H16N4O/c1-20(16(21)17-12-7-3-2-4-8-12)11-15-18-13-9-5-6-10-14(13)19-15/h2-10H,11H2,1H3,(H,17,21)(H,18,19). The molecule has 0 fully saturated rings. The highest BCUT2D eigenvalue weighted by Crippen LogP contribution is 2.12. The van der Waals surface area contributed by atoms with Crippen LogP contribution >= 0.6 is 0 Å². The van der Waals surface area contributed by atoms with Gasteiger partial charge in [-0.15, -0.1) is 0 Å². The van der Waals surface area contributed by atoms with Gasteiger partial charge in [-0.1, -0.05) is 30.3 Å². The van der Waals surface area contributed by atoms with Gasteiger partial charge in [-0.25, -0.2) is 9.78 Å². The molecule has 0 aliphatic carbocycles. The summed E-state index contributed by atoms with van der Waals surface area (Å²) in [7, 11) is 1.74. The molecule has 1 heterocycles. The molecule has 2 N–H and O–H groups in total. The molecular formula is C16H16N4O. The number of hydrogen-bond donors (Lipinski definition) is 2. The number of carbonyl (C=O) groups is 1. The fourth-order valence-corrected chi connectivity index (χ4v) is 2.12. The number of urea groups is 1. The van der Waals surface area contributed by atoms with E-state index in [0.29, 0.717) is 6.54 Å². The predicted molar refractivity (Wildman–Crippen MR) is 83.0 cm³/mol. The number of nitrogens with zero attached hydrogens (tertiary/aromatic N) is 2. The lowest BCUT2D eigenvalue weighted by molar-refractivity contribution is 0.219. The summed E-state index contributed by atoms with van der Waals surface area (Å²) in [5.41, 5.74) is 2.66. The molecule has 21 heavy (non-hydrogen) atoms. The first-order chi connectivity index (χ1) is 10.2. The molecule has 0 aliphatic rings. The van der Waals surface area contributed by atoms with Gasteiger partial charge in [0.05, 0.1) is 17.6 Å². The number of anilines is 1. The van der Waals surface area contributed by atoms with E-state index in [2.05, 4.69) is 15.3 Å². The van der Waals surface area contributed by atoms with E-state index >= 15 is 0 Å². The van der Waals surface area contributed by atoms with Crippen LogP contribution in [0.4, 0.5) is 10.5 Å². The van der Waals surface area contributed by atoms with Crippen molar-refractivity contribution in [3.05, 3.63) is 60.4 Å². The summed E-state index contributed by atoms with van der Waals surface area (Å²) >= 11 is 0. The van der Waals surface area contributed by atoms with Gasteiger partial charge in [-0.2, -0.15) is 0 Å². The molecular weight excluding hydrogens is 264 g/mol. The smallest absolute Gasteiger partial charge is 0.321 e. The van der Waals surface area contributed by atoms with Gasteiger partial charge in [0.1, 0.15) is 5.82 Å². The van der Waals surface area contributed by atoms with Gasteiger partial charge >= 0.3 is 6.03 Å². The second kappa shape index (κ2) is 5.66. The fourth-order valence-electron chi connectivity index (χ4n) is 2.12. The Kier molecular flexibility index (Phi) is 3.55. The zero-order chi connectivity index (χ0) is 14.7. The summed E-state index contributed by atoms with van der Waals surface area (Å²) in [6.45, 7) is 0.424. The minimum atomic E-state index is -0.165. The first kappa shape index (κ1) is 13.2. The van der Waals surface area contributed by atoms with Gasteiger partial charge in [0.15, 0.2) is 0 Å². The van der Waals surface area contributed by atoms with Gasteiger partial charge in [0.25, 0.3) is 0 Å². The van der Waals surface area contributed by atoms with Crippen LogP contribution in [-0.2, 0) is 6.54 Å². The number of imidazole rings is 1. The Morgan fingerprint density at radius 2 is 1.86 bits per heavy atom. The molecule has 0 radical (unpaired) electrons. The molecule has 1 aromatic heterocycles. The number of rotatable bonds is 3. The number of amides is 2. The molecule has 0 spiro atoms. The third kappa shape index (κ3) is 3.02. The van der Waals surface area contributed by atoms with Crippen LogP contribution in [0, 0.1) is 0 Å². The molecule has 2 aromatic carbocycles. The van der Waals surface area contributed by atoms with E-state index in [9.17, 15) is 4.79 Å². The van der Waals surface area contributed by atoms with Crippen LogP contribution in [0.1, 0.15) is 5.82 Å². The van der Waals surface area contributed by atoms with Crippen LogP contribution in [0.25, 0.3) is 11.0 Å². The minimum Gasteiger partial charge on any atom is -0.340 e. The van der Waals surface area contributed by atoms with Crippen molar-refractivity contribution < 1.29 is 4.79 Å². The van der Waals surface area contributed by atoms with Crippen LogP contribution in [0.15, 0.2) is 54.6 Å². The highest BCUT2D eigenvalue weighted by atomic mass is 16.2. The Bertz CT molecular complexity index is 718. The van der Waals surface area contributed by atoms with Gasteiger partial charge in [0, 0.05) is 12.7 Å². The number of fused-ring (bicyclic) bond motifs is 1. The molecule has 106 valence electrons. The zero-order valence-electron chi connectivity index (χ0n) is 11.7. The number of aromatic nitrogens is 2. The van der Waals surface area contributed by atoms with E-state index in [0.717, 1.165) is 22.5 Å². The fraction of sp³-hybridized carbons (Fsp3) is 0.125. The van der Waals surface area contributed by atoms with Crippen LogP contribution in [0.5, 0.6) is 0 Å². The summed E-state index contributed by atoms with van der Waals surface area (Å²) < 4.78 is 0. The highest BCUT2D eigenvalue weighted by Gasteiger charge is 2.11.